The fourth-order valence-electron chi connectivity index (χ4n) is 2.12. The van der Waals surface area contributed by atoms with Crippen molar-refractivity contribution in [1.29, 1.82) is 0 Å². The third-order valence-electron chi connectivity index (χ3n) is 3.03. The lowest BCUT2D eigenvalue weighted by Gasteiger charge is -2.26. The van der Waals surface area contributed by atoms with Crippen molar-refractivity contribution in [3.05, 3.63) is 35.9 Å². The SMILES string of the molecule is CC(C)[C@H]1CC(=O)NN1Cc1ccccc1. The van der Waals surface area contributed by atoms with Crippen LogP contribution in [0.3, 0.4) is 0 Å². The van der Waals surface area contributed by atoms with Crippen LogP contribution in [-0.4, -0.2) is 17.0 Å². The number of hydrazine groups is 1. The first kappa shape index (κ1) is 11.1. The van der Waals surface area contributed by atoms with Gasteiger partial charge in [-0.05, 0) is 11.5 Å². The highest BCUT2D eigenvalue weighted by atomic mass is 16.2. The van der Waals surface area contributed by atoms with E-state index in [0.29, 0.717) is 18.4 Å². The van der Waals surface area contributed by atoms with E-state index in [-0.39, 0.29) is 5.91 Å². The molecule has 3 nitrogen and oxygen atoms in total. The van der Waals surface area contributed by atoms with Gasteiger partial charge in [-0.2, -0.15) is 0 Å². The molecule has 1 aromatic carbocycles. The van der Waals surface area contributed by atoms with Crippen LogP contribution in [0.2, 0.25) is 0 Å². The molecule has 1 fully saturated rings. The Balaban J connectivity index is 2.06. The minimum absolute atomic E-state index is 0.134. The topological polar surface area (TPSA) is 32.3 Å². The van der Waals surface area contributed by atoms with Crippen LogP contribution in [0.25, 0.3) is 0 Å². The second-order valence-corrected chi connectivity index (χ2v) is 4.66. The van der Waals surface area contributed by atoms with Gasteiger partial charge in [-0.3, -0.25) is 10.2 Å². The Morgan fingerprint density at radius 1 is 1.38 bits per heavy atom. The molecule has 0 saturated carbocycles. The Kier molecular flexibility index (Phi) is 3.25. The number of hydrogen-bond acceptors (Lipinski definition) is 2. The lowest BCUT2D eigenvalue weighted by atomic mass is 10.0. The van der Waals surface area contributed by atoms with Crippen molar-refractivity contribution in [1.82, 2.24) is 10.4 Å². The van der Waals surface area contributed by atoms with Crippen LogP contribution in [0.4, 0.5) is 0 Å². The standard InChI is InChI=1S/C13H18N2O/c1-10(2)12-8-13(16)14-15(12)9-11-6-4-3-5-7-11/h3-7,10,12H,8-9H2,1-2H3,(H,14,16)/t12-/m1/s1. The van der Waals surface area contributed by atoms with E-state index in [0.717, 1.165) is 6.54 Å². The number of amides is 1. The Labute approximate surface area is 96.4 Å². The third kappa shape index (κ3) is 2.42. The molecule has 0 bridgehead atoms. The monoisotopic (exact) mass is 218 g/mol. The highest BCUT2D eigenvalue weighted by Crippen LogP contribution is 2.20. The van der Waals surface area contributed by atoms with Crippen LogP contribution in [0.15, 0.2) is 30.3 Å². The molecule has 0 unspecified atom stereocenters. The maximum absolute atomic E-state index is 11.4. The number of hydrogen-bond donors (Lipinski definition) is 1. The van der Waals surface area contributed by atoms with Gasteiger partial charge in [-0.25, -0.2) is 5.01 Å². The molecule has 1 saturated heterocycles. The van der Waals surface area contributed by atoms with E-state index in [2.05, 4.69) is 36.4 Å². The van der Waals surface area contributed by atoms with Gasteiger partial charge in [-0.1, -0.05) is 44.2 Å². The molecule has 1 amide bonds. The van der Waals surface area contributed by atoms with Crippen molar-refractivity contribution in [3.63, 3.8) is 0 Å². The van der Waals surface area contributed by atoms with Crippen molar-refractivity contribution >= 4 is 5.91 Å². The molecule has 86 valence electrons. The maximum atomic E-state index is 11.4. The van der Waals surface area contributed by atoms with Gasteiger partial charge < -0.3 is 0 Å². The van der Waals surface area contributed by atoms with Crippen LogP contribution >= 0.6 is 0 Å². The predicted octanol–water partition coefficient (Wildman–Crippen LogP) is 1.95. The number of benzene rings is 1. The number of rotatable bonds is 3. The summed E-state index contributed by atoms with van der Waals surface area (Å²) >= 11 is 0. The maximum Gasteiger partial charge on any atom is 0.235 e. The Morgan fingerprint density at radius 3 is 2.69 bits per heavy atom. The fraction of sp³-hybridized carbons (Fsp3) is 0.462. The second kappa shape index (κ2) is 4.66. The van der Waals surface area contributed by atoms with Gasteiger partial charge >= 0.3 is 0 Å². The molecular formula is C13H18N2O. The third-order valence-corrected chi connectivity index (χ3v) is 3.03. The quantitative estimate of drug-likeness (QED) is 0.841. The summed E-state index contributed by atoms with van der Waals surface area (Å²) in [4.78, 5) is 11.4. The first-order valence-corrected chi connectivity index (χ1v) is 5.77. The van der Waals surface area contributed by atoms with E-state index in [1.54, 1.807) is 0 Å². The van der Waals surface area contributed by atoms with Crippen molar-refractivity contribution in [3.8, 4) is 0 Å². The van der Waals surface area contributed by atoms with Gasteiger partial charge in [0, 0.05) is 19.0 Å². The summed E-state index contributed by atoms with van der Waals surface area (Å²) in [6.07, 6.45) is 0.616. The number of nitrogens with zero attached hydrogens (tertiary/aromatic N) is 1. The van der Waals surface area contributed by atoms with E-state index in [9.17, 15) is 4.79 Å². The van der Waals surface area contributed by atoms with Gasteiger partial charge in [-0.15, -0.1) is 0 Å². The van der Waals surface area contributed by atoms with Crippen LogP contribution in [0.5, 0.6) is 0 Å². The lowest BCUT2D eigenvalue weighted by molar-refractivity contribution is -0.121. The second-order valence-electron chi connectivity index (χ2n) is 4.66. The van der Waals surface area contributed by atoms with E-state index in [1.165, 1.54) is 5.56 Å². The van der Waals surface area contributed by atoms with E-state index >= 15 is 0 Å². The minimum Gasteiger partial charge on any atom is -0.288 e. The van der Waals surface area contributed by atoms with Gasteiger partial charge in [0.1, 0.15) is 0 Å². The molecule has 0 aliphatic carbocycles. The Hall–Kier alpha value is -1.35. The molecule has 1 N–H and O–H groups in total. The molecule has 0 aromatic heterocycles. The molecule has 0 spiro atoms. The number of carbonyl (C=O) groups excluding carboxylic acids is 1. The molecule has 2 rings (SSSR count). The molecule has 3 heteroatoms. The highest BCUT2D eigenvalue weighted by molar-refractivity contribution is 5.78. The van der Waals surface area contributed by atoms with Crippen molar-refractivity contribution in [2.24, 2.45) is 5.92 Å². The summed E-state index contributed by atoms with van der Waals surface area (Å²) in [5, 5.41) is 2.06. The summed E-state index contributed by atoms with van der Waals surface area (Å²) in [6, 6.07) is 10.5. The van der Waals surface area contributed by atoms with E-state index < -0.39 is 0 Å². The molecule has 1 aliphatic rings. The number of nitrogens with one attached hydrogen (secondary N) is 1. The Bertz CT molecular complexity index is 361. The zero-order valence-electron chi connectivity index (χ0n) is 9.81. The van der Waals surface area contributed by atoms with Crippen LogP contribution in [0.1, 0.15) is 25.8 Å². The molecule has 1 aliphatic heterocycles. The molecule has 1 atom stereocenters. The van der Waals surface area contributed by atoms with Crippen LogP contribution < -0.4 is 5.43 Å². The van der Waals surface area contributed by atoms with Gasteiger partial charge in [0.2, 0.25) is 5.91 Å². The number of carbonyl (C=O) groups is 1. The zero-order valence-corrected chi connectivity index (χ0v) is 9.81. The first-order valence-electron chi connectivity index (χ1n) is 5.77. The van der Waals surface area contributed by atoms with Gasteiger partial charge in [0.05, 0.1) is 0 Å². The van der Waals surface area contributed by atoms with Gasteiger partial charge in [0.25, 0.3) is 0 Å². The highest BCUT2D eigenvalue weighted by Gasteiger charge is 2.31. The average Bonchev–Trinajstić information content (AvgIpc) is 2.61. The molecule has 0 radical (unpaired) electrons. The van der Waals surface area contributed by atoms with Crippen molar-refractivity contribution in [2.75, 3.05) is 0 Å². The largest absolute Gasteiger partial charge is 0.288 e. The first-order chi connectivity index (χ1) is 7.66. The minimum atomic E-state index is 0.134. The van der Waals surface area contributed by atoms with Crippen LogP contribution in [0, 0.1) is 5.92 Å². The van der Waals surface area contributed by atoms with Crippen LogP contribution in [-0.2, 0) is 11.3 Å². The normalized spacial score (nSPS) is 21.4. The summed E-state index contributed by atoms with van der Waals surface area (Å²) in [7, 11) is 0. The summed E-state index contributed by atoms with van der Waals surface area (Å²) in [5.74, 6) is 0.622. The molecule has 1 aromatic rings. The van der Waals surface area contributed by atoms with E-state index in [1.807, 2.05) is 18.2 Å². The predicted molar refractivity (Wildman–Crippen MR) is 63.4 cm³/mol. The van der Waals surface area contributed by atoms with Gasteiger partial charge in [0.15, 0.2) is 0 Å². The molecule has 16 heavy (non-hydrogen) atoms. The fourth-order valence-corrected chi connectivity index (χ4v) is 2.12. The summed E-state index contributed by atoms with van der Waals surface area (Å²) < 4.78 is 0. The molecule has 1 heterocycles. The van der Waals surface area contributed by atoms with E-state index in [4.69, 9.17) is 0 Å². The van der Waals surface area contributed by atoms with Crippen molar-refractivity contribution < 1.29 is 4.79 Å². The average molecular weight is 218 g/mol. The smallest absolute Gasteiger partial charge is 0.235 e. The summed E-state index contributed by atoms with van der Waals surface area (Å²) in [6.45, 7) is 5.10. The zero-order chi connectivity index (χ0) is 11.5. The Morgan fingerprint density at radius 2 is 2.06 bits per heavy atom. The summed E-state index contributed by atoms with van der Waals surface area (Å²) in [5.41, 5.74) is 4.16. The lowest BCUT2D eigenvalue weighted by Crippen LogP contribution is -2.39. The van der Waals surface area contributed by atoms with Crippen molar-refractivity contribution in [2.45, 2.75) is 32.9 Å². The molecular weight excluding hydrogens is 200 g/mol.